The van der Waals surface area contributed by atoms with Crippen molar-refractivity contribution in [3.05, 3.63) is 57.6 Å². The van der Waals surface area contributed by atoms with Gasteiger partial charge in [0.15, 0.2) is 12.1 Å². The molecule has 2 heterocycles. The molecule has 3 amide bonds. The number of aryl methyl sites for hydroxylation is 1. The van der Waals surface area contributed by atoms with Gasteiger partial charge in [-0.1, -0.05) is 40.6 Å². The minimum atomic E-state index is -0.988. The molecule has 0 radical (unpaired) electrons. The highest BCUT2D eigenvalue weighted by Crippen LogP contribution is 2.33. The highest BCUT2D eigenvalue weighted by atomic mass is 35.5. The van der Waals surface area contributed by atoms with Crippen molar-refractivity contribution in [3.8, 4) is 0 Å². The maximum atomic E-state index is 13.0. The molecule has 154 valence electrons. The van der Waals surface area contributed by atoms with Crippen molar-refractivity contribution in [2.75, 3.05) is 16.8 Å². The van der Waals surface area contributed by atoms with Gasteiger partial charge in [-0.3, -0.25) is 19.4 Å². The zero-order chi connectivity index (χ0) is 21.6. The van der Waals surface area contributed by atoms with Crippen molar-refractivity contribution in [1.82, 2.24) is 5.01 Å². The summed E-state index contributed by atoms with van der Waals surface area (Å²) in [7, 11) is 0. The van der Waals surface area contributed by atoms with Crippen LogP contribution < -0.4 is 10.2 Å². The summed E-state index contributed by atoms with van der Waals surface area (Å²) in [4.78, 5) is 39.3. The van der Waals surface area contributed by atoms with Gasteiger partial charge in [-0.25, -0.2) is 4.90 Å². The van der Waals surface area contributed by atoms with Crippen LogP contribution in [0.25, 0.3) is 0 Å². The molecule has 2 atom stereocenters. The average Bonchev–Trinajstić information content (AvgIpc) is 3.21. The van der Waals surface area contributed by atoms with Crippen LogP contribution in [0.3, 0.4) is 0 Å². The molecule has 1 N–H and O–H groups in total. The van der Waals surface area contributed by atoms with E-state index in [1.165, 1.54) is 5.01 Å². The van der Waals surface area contributed by atoms with E-state index in [-0.39, 0.29) is 6.54 Å². The zero-order valence-corrected chi connectivity index (χ0v) is 17.6. The summed E-state index contributed by atoms with van der Waals surface area (Å²) in [5, 5.41) is 12.8. The van der Waals surface area contributed by atoms with E-state index in [0.29, 0.717) is 21.4 Å². The number of fused-ring (bicyclic) bond motifs is 1. The highest BCUT2D eigenvalue weighted by molar-refractivity contribution is 6.32. The molecule has 1 fully saturated rings. The second kappa shape index (κ2) is 7.70. The lowest BCUT2D eigenvalue weighted by Crippen LogP contribution is -2.43. The summed E-state index contributed by atoms with van der Waals surface area (Å²) in [6.07, 6.45) is 0. The number of nitrogens with one attached hydrogen (secondary N) is 1. The Labute approximate surface area is 182 Å². The van der Waals surface area contributed by atoms with Gasteiger partial charge >= 0.3 is 0 Å². The summed E-state index contributed by atoms with van der Waals surface area (Å²) in [5.74, 6) is -1.40. The maximum Gasteiger partial charge on any atom is 0.263 e. The number of rotatable bonds is 4. The second-order valence-electron chi connectivity index (χ2n) is 7.10. The number of anilines is 2. The normalized spacial score (nSPS) is 20.1. The van der Waals surface area contributed by atoms with Crippen molar-refractivity contribution in [1.29, 1.82) is 0 Å². The highest BCUT2D eigenvalue weighted by Gasteiger charge is 2.55. The van der Waals surface area contributed by atoms with E-state index < -0.39 is 29.8 Å². The number of carbonyl (C=O) groups excluding carboxylic acids is 3. The van der Waals surface area contributed by atoms with Crippen LogP contribution in [-0.4, -0.2) is 41.4 Å². The molecule has 4 rings (SSSR count). The average molecular weight is 446 g/mol. The molecule has 0 aromatic heterocycles. The molecule has 0 aliphatic carbocycles. The van der Waals surface area contributed by atoms with Crippen molar-refractivity contribution in [2.24, 2.45) is 10.3 Å². The Bertz CT molecular complexity index is 1100. The third kappa shape index (κ3) is 3.42. The lowest BCUT2D eigenvalue weighted by atomic mass is 10.1. The molecule has 0 bridgehead atoms. The molecule has 1 saturated heterocycles. The Morgan fingerprint density at radius 2 is 1.87 bits per heavy atom. The number of nitrogens with zero attached hydrogens (tertiary/aromatic N) is 4. The minimum absolute atomic E-state index is 0.238. The quantitative estimate of drug-likeness (QED) is 0.727. The van der Waals surface area contributed by atoms with Crippen LogP contribution >= 0.6 is 23.2 Å². The van der Waals surface area contributed by atoms with Gasteiger partial charge in [-0.2, -0.15) is 5.11 Å². The van der Waals surface area contributed by atoms with Crippen LogP contribution in [0.2, 0.25) is 10.0 Å². The first-order valence-corrected chi connectivity index (χ1v) is 9.90. The minimum Gasteiger partial charge on any atom is -0.324 e. The predicted molar refractivity (Wildman–Crippen MR) is 113 cm³/mol. The molecule has 2 aliphatic heterocycles. The summed E-state index contributed by atoms with van der Waals surface area (Å²) < 4.78 is 0. The van der Waals surface area contributed by atoms with Gasteiger partial charge in [-0.15, -0.1) is 0 Å². The lowest BCUT2D eigenvalue weighted by Gasteiger charge is -2.20. The smallest absolute Gasteiger partial charge is 0.263 e. The van der Waals surface area contributed by atoms with Crippen LogP contribution in [0.4, 0.5) is 11.4 Å². The number of hydrogen-bond donors (Lipinski definition) is 1. The Morgan fingerprint density at radius 3 is 2.60 bits per heavy atom. The molecule has 2 aliphatic rings. The lowest BCUT2D eigenvalue weighted by molar-refractivity contribution is -0.123. The van der Waals surface area contributed by atoms with Gasteiger partial charge in [0.25, 0.3) is 11.8 Å². The largest absolute Gasteiger partial charge is 0.324 e. The van der Waals surface area contributed by atoms with E-state index in [1.807, 2.05) is 6.92 Å². The Hall–Kier alpha value is -2.97. The zero-order valence-electron chi connectivity index (χ0n) is 16.1. The Kier molecular flexibility index (Phi) is 5.21. The summed E-state index contributed by atoms with van der Waals surface area (Å²) >= 11 is 12.2. The van der Waals surface area contributed by atoms with Gasteiger partial charge in [-0.05, 0) is 49.2 Å². The molecule has 2 aromatic carbocycles. The topological polar surface area (TPSA) is 94.4 Å². The van der Waals surface area contributed by atoms with Crippen LogP contribution in [0.1, 0.15) is 11.1 Å². The van der Waals surface area contributed by atoms with Crippen molar-refractivity contribution < 1.29 is 14.4 Å². The summed E-state index contributed by atoms with van der Waals surface area (Å²) in [6.45, 7) is 3.37. The van der Waals surface area contributed by atoms with Gasteiger partial charge in [0.1, 0.15) is 6.54 Å². The van der Waals surface area contributed by atoms with Gasteiger partial charge < -0.3 is 5.32 Å². The molecule has 10 heteroatoms. The summed E-state index contributed by atoms with van der Waals surface area (Å²) in [5.41, 5.74) is 2.48. The van der Waals surface area contributed by atoms with Gasteiger partial charge in [0.05, 0.1) is 5.69 Å². The van der Waals surface area contributed by atoms with Crippen molar-refractivity contribution >= 4 is 52.3 Å². The monoisotopic (exact) mass is 445 g/mol. The number of carbonyl (C=O) groups is 3. The number of imide groups is 1. The third-order valence-electron chi connectivity index (χ3n) is 5.12. The van der Waals surface area contributed by atoms with Crippen LogP contribution in [-0.2, 0) is 14.4 Å². The van der Waals surface area contributed by atoms with Crippen LogP contribution in [0.5, 0.6) is 0 Å². The van der Waals surface area contributed by atoms with Crippen LogP contribution in [0, 0.1) is 13.8 Å². The fourth-order valence-electron chi connectivity index (χ4n) is 3.41. The van der Waals surface area contributed by atoms with E-state index in [2.05, 4.69) is 15.7 Å². The first kappa shape index (κ1) is 20.3. The fourth-order valence-corrected chi connectivity index (χ4v) is 3.76. The van der Waals surface area contributed by atoms with Crippen LogP contribution in [0.15, 0.2) is 46.7 Å². The second-order valence-corrected chi connectivity index (χ2v) is 7.91. The van der Waals surface area contributed by atoms with Crippen molar-refractivity contribution in [3.63, 3.8) is 0 Å². The number of halogens is 2. The van der Waals surface area contributed by atoms with Gasteiger partial charge in [0, 0.05) is 15.7 Å². The maximum absolute atomic E-state index is 13.0. The first-order chi connectivity index (χ1) is 14.3. The summed E-state index contributed by atoms with van der Waals surface area (Å²) in [6, 6.07) is 8.15. The number of hydrogen-bond acceptors (Lipinski definition) is 6. The molecular formula is C20H17Cl2N5O3. The molecule has 0 spiro atoms. The standard InChI is InChI=1S/C20H17Cl2N5O3/c1-10-6-7-12(8-14(10)22)27-19(29)17-18(20(27)30)26(25-24-17)9-16(28)23-15-5-3-4-13(21)11(15)2/h3-8,17-18H,9H2,1-2H3,(H,23,28). The molecule has 30 heavy (non-hydrogen) atoms. The molecule has 8 nitrogen and oxygen atoms in total. The number of amides is 3. The SMILES string of the molecule is Cc1ccc(N2C(=O)C3N=NN(CC(=O)Nc4cccc(Cl)c4C)C3C2=O)cc1Cl. The fraction of sp³-hybridized carbons (Fsp3) is 0.250. The molecule has 2 aromatic rings. The third-order valence-corrected chi connectivity index (χ3v) is 5.94. The molecule has 0 saturated carbocycles. The predicted octanol–water partition coefficient (Wildman–Crippen LogP) is 3.54. The van der Waals surface area contributed by atoms with E-state index in [1.54, 1.807) is 43.3 Å². The van der Waals surface area contributed by atoms with E-state index >= 15 is 0 Å². The van der Waals surface area contributed by atoms with Crippen molar-refractivity contribution in [2.45, 2.75) is 25.9 Å². The first-order valence-electron chi connectivity index (χ1n) is 9.14. The molecule has 2 unspecified atom stereocenters. The van der Waals surface area contributed by atoms with E-state index in [9.17, 15) is 14.4 Å². The van der Waals surface area contributed by atoms with E-state index in [0.717, 1.165) is 16.0 Å². The Balaban J connectivity index is 1.51. The Morgan fingerprint density at radius 1 is 1.10 bits per heavy atom. The van der Waals surface area contributed by atoms with Gasteiger partial charge in [0.2, 0.25) is 5.91 Å². The number of benzene rings is 2. The molecular weight excluding hydrogens is 429 g/mol. The van der Waals surface area contributed by atoms with E-state index in [4.69, 9.17) is 23.2 Å².